The molecule has 5 rings (SSSR count). The van der Waals surface area contributed by atoms with Gasteiger partial charge in [-0.05, 0) is 72.9 Å². The zero-order chi connectivity index (χ0) is 22.1. The maximum atomic E-state index is 13.2. The average Bonchev–Trinajstić information content (AvgIpc) is 3.51. The number of benzene rings is 2. The lowest BCUT2D eigenvalue weighted by molar-refractivity contribution is -0.120. The van der Waals surface area contributed by atoms with Gasteiger partial charge in [0.25, 0.3) is 0 Å². The number of fused-ring (bicyclic) bond motifs is 1. The van der Waals surface area contributed by atoms with Crippen molar-refractivity contribution in [1.82, 2.24) is 4.31 Å². The van der Waals surface area contributed by atoms with E-state index in [9.17, 15) is 13.2 Å². The van der Waals surface area contributed by atoms with Gasteiger partial charge >= 0.3 is 0 Å². The van der Waals surface area contributed by atoms with Crippen LogP contribution in [0.1, 0.15) is 30.4 Å². The van der Waals surface area contributed by atoms with Crippen LogP contribution in [0, 0.1) is 5.92 Å². The molecule has 1 saturated heterocycles. The lowest BCUT2D eigenvalue weighted by atomic mass is 9.97. The molecular formula is C25H26N2O3S2. The Kier molecular flexibility index (Phi) is 5.88. The molecule has 7 heteroatoms. The van der Waals surface area contributed by atoms with Gasteiger partial charge in [-0.25, -0.2) is 8.42 Å². The number of para-hydroxylation sites is 1. The van der Waals surface area contributed by atoms with Crippen molar-refractivity contribution in [3.63, 3.8) is 0 Å². The highest BCUT2D eigenvalue weighted by Gasteiger charge is 2.32. The van der Waals surface area contributed by atoms with Crippen LogP contribution in [-0.4, -0.2) is 31.7 Å². The summed E-state index contributed by atoms with van der Waals surface area (Å²) in [5, 5.41) is 5.10. The van der Waals surface area contributed by atoms with Crippen molar-refractivity contribution >= 4 is 33.0 Å². The Morgan fingerprint density at radius 1 is 0.969 bits per heavy atom. The number of hydrogen-bond acceptors (Lipinski definition) is 4. The van der Waals surface area contributed by atoms with E-state index in [1.54, 1.807) is 17.4 Å². The van der Waals surface area contributed by atoms with Gasteiger partial charge in [-0.1, -0.05) is 30.3 Å². The fourth-order valence-electron chi connectivity index (χ4n) is 4.69. The monoisotopic (exact) mass is 466 g/mol. The predicted octanol–water partition coefficient (Wildman–Crippen LogP) is 4.94. The molecule has 2 heterocycles. The van der Waals surface area contributed by atoms with E-state index < -0.39 is 10.0 Å². The predicted molar refractivity (Wildman–Crippen MR) is 128 cm³/mol. The van der Waals surface area contributed by atoms with Crippen LogP contribution < -0.4 is 5.32 Å². The molecule has 0 saturated carbocycles. The minimum atomic E-state index is -3.52. The zero-order valence-electron chi connectivity index (χ0n) is 17.8. The number of hydrogen-bond donors (Lipinski definition) is 1. The Morgan fingerprint density at radius 3 is 2.53 bits per heavy atom. The molecule has 2 aliphatic rings. The fourth-order valence-corrected chi connectivity index (χ4v) is 6.98. The first-order chi connectivity index (χ1) is 15.5. The summed E-state index contributed by atoms with van der Waals surface area (Å²) in [5.41, 5.74) is 4.23. The maximum absolute atomic E-state index is 13.2. The van der Waals surface area contributed by atoms with Gasteiger partial charge in [0.15, 0.2) is 0 Å². The first-order valence-electron chi connectivity index (χ1n) is 11.1. The topological polar surface area (TPSA) is 66.5 Å². The Morgan fingerprint density at radius 2 is 1.75 bits per heavy atom. The highest BCUT2D eigenvalue weighted by atomic mass is 32.2. The zero-order valence-corrected chi connectivity index (χ0v) is 19.4. The second-order valence-electron chi connectivity index (χ2n) is 8.47. The largest absolute Gasteiger partial charge is 0.325 e. The fraction of sp³-hybridized carbons (Fsp3) is 0.320. The van der Waals surface area contributed by atoms with E-state index in [1.165, 1.54) is 9.87 Å². The number of thiophene rings is 1. The number of aryl methyl sites for hydroxylation is 2. The minimum absolute atomic E-state index is 0.0383. The molecule has 1 amide bonds. The standard InChI is InChI=1S/C25H26N2O3S2/c28-25(26-23-8-2-1-7-22(23)24-9-4-16-31-24)19-12-14-27(15-13-19)32(29,30)21-11-10-18-5-3-6-20(18)17-21/h1-2,4,7-11,16-17,19H,3,5-6,12-15H2,(H,26,28). The molecule has 5 nitrogen and oxygen atoms in total. The van der Waals surface area contributed by atoms with Gasteiger partial charge in [0.1, 0.15) is 0 Å². The summed E-state index contributed by atoms with van der Waals surface area (Å²) in [6.07, 6.45) is 4.13. The van der Waals surface area contributed by atoms with Crippen molar-refractivity contribution in [2.24, 2.45) is 5.92 Å². The number of carbonyl (C=O) groups excluding carboxylic acids is 1. The molecule has 1 aromatic heterocycles. The number of carbonyl (C=O) groups is 1. The third kappa shape index (κ3) is 4.12. The van der Waals surface area contributed by atoms with E-state index in [-0.39, 0.29) is 11.8 Å². The van der Waals surface area contributed by atoms with Gasteiger partial charge in [0.05, 0.1) is 4.90 Å². The molecule has 166 valence electrons. The number of nitrogens with zero attached hydrogens (tertiary/aromatic N) is 1. The molecule has 1 N–H and O–H groups in total. The van der Waals surface area contributed by atoms with Crippen molar-refractivity contribution in [3.8, 4) is 10.4 Å². The Bertz CT molecular complexity index is 1230. The third-order valence-corrected chi connectivity index (χ3v) is 9.30. The van der Waals surface area contributed by atoms with Crippen molar-refractivity contribution in [3.05, 3.63) is 71.1 Å². The number of piperidine rings is 1. The maximum Gasteiger partial charge on any atom is 0.243 e. The summed E-state index contributed by atoms with van der Waals surface area (Å²) in [7, 11) is -3.52. The molecule has 0 spiro atoms. The molecule has 1 fully saturated rings. The van der Waals surface area contributed by atoms with Crippen molar-refractivity contribution in [2.45, 2.75) is 37.0 Å². The van der Waals surface area contributed by atoms with Gasteiger partial charge < -0.3 is 5.32 Å². The normalized spacial score (nSPS) is 17.2. The highest BCUT2D eigenvalue weighted by molar-refractivity contribution is 7.89. The second-order valence-corrected chi connectivity index (χ2v) is 11.4. The van der Waals surface area contributed by atoms with E-state index in [1.807, 2.05) is 53.9 Å². The van der Waals surface area contributed by atoms with Crippen LogP contribution in [0.4, 0.5) is 5.69 Å². The highest BCUT2D eigenvalue weighted by Crippen LogP contribution is 2.33. The first-order valence-corrected chi connectivity index (χ1v) is 13.4. The van der Waals surface area contributed by atoms with Gasteiger partial charge in [-0.2, -0.15) is 4.31 Å². The third-order valence-electron chi connectivity index (χ3n) is 6.50. The van der Waals surface area contributed by atoms with Gasteiger partial charge in [0, 0.05) is 35.1 Å². The Hall–Kier alpha value is -2.48. The summed E-state index contributed by atoms with van der Waals surface area (Å²) in [4.78, 5) is 14.5. The number of sulfonamides is 1. The quantitative estimate of drug-likeness (QED) is 0.579. The molecule has 0 bridgehead atoms. The average molecular weight is 467 g/mol. The van der Waals surface area contributed by atoms with Crippen LogP contribution in [0.2, 0.25) is 0 Å². The van der Waals surface area contributed by atoms with E-state index in [4.69, 9.17) is 0 Å². The Balaban J connectivity index is 1.25. The number of anilines is 1. The minimum Gasteiger partial charge on any atom is -0.325 e. The Labute approximate surface area is 193 Å². The number of rotatable bonds is 5. The molecule has 3 aromatic rings. The summed E-state index contributed by atoms with van der Waals surface area (Å²) < 4.78 is 27.8. The van der Waals surface area contributed by atoms with Crippen molar-refractivity contribution < 1.29 is 13.2 Å². The van der Waals surface area contributed by atoms with Crippen LogP contribution in [0.5, 0.6) is 0 Å². The molecular weight excluding hydrogens is 440 g/mol. The number of nitrogens with one attached hydrogen (secondary N) is 1. The van der Waals surface area contributed by atoms with Crippen molar-refractivity contribution in [2.75, 3.05) is 18.4 Å². The second kappa shape index (κ2) is 8.81. The molecule has 0 radical (unpaired) electrons. The van der Waals surface area contributed by atoms with E-state index in [2.05, 4.69) is 5.32 Å². The smallest absolute Gasteiger partial charge is 0.243 e. The SMILES string of the molecule is O=C(Nc1ccccc1-c1cccs1)C1CCN(S(=O)(=O)c2ccc3c(c2)CCC3)CC1. The van der Waals surface area contributed by atoms with Gasteiger partial charge in [0.2, 0.25) is 15.9 Å². The molecule has 1 aliphatic heterocycles. The van der Waals surface area contributed by atoms with Crippen LogP contribution >= 0.6 is 11.3 Å². The van der Waals surface area contributed by atoms with E-state index in [0.29, 0.717) is 30.8 Å². The van der Waals surface area contributed by atoms with Crippen LogP contribution in [-0.2, 0) is 27.7 Å². The molecule has 32 heavy (non-hydrogen) atoms. The van der Waals surface area contributed by atoms with Crippen LogP contribution in [0.25, 0.3) is 10.4 Å². The summed E-state index contributed by atoms with van der Waals surface area (Å²) >= 11 is 1.64. The van der Waals surface area contributed by atoms with Gasteiger partial charge in [-0.15, -0.1) is 11.3 Å². The van der Waals surface area contributed by atoms with Gasteiger partial charge in [-0.3, -0.25) is 4.79 Å². The van der Waals surface area contributed by atoms with Crippen LogP contribution in [0.3, 0.4) is 0 Å². The summed E-state index contributed by atoms with van der Waals surface area (Å²) in [6, 6.07) is 17.4. The first kappa shape index (κ1) is 21.4. The summed E-state index contributed by atoms with van der Waals surface area (Å²) in [6.45, 7) is 0.730. The molecule has 0 atom stereocenters. The summed E-state index contributed by atoms with van der Waals surface area (Å²) in [5.74, 6) is -0.235. The lowest BCUT2D eigenvalue weighted by Gasteiger charge is -2.30. The number of amides is 1. The van der Waals surface area contributed by atoms with Crippen molar-refractivity contribution in [1.29, 1.82) is 0 Å². The molecule has 1 aliphatic carbocycles. The lowest BCUT2D eigenvalue weighted by Crippen LogP contribution is -2.41. The molecule has 0 unspecified atom stereocenters. The van der Waals surface area contributed by atoms with E-state index in [0.717, 1.165) is 41.0 Å². The van der Waals surface area contributed by atoms with Crippen LogP contribution in [0.15, 0.2) is 64.9 Å². The molecule has 2 aromatic carbocycles. The van der Waals surface area contributed by atoms with E-state index >= 15 is 0 Å².